The number of nitrogens with two attached hydrogens (primary N) is 2. The van der Waals surface area contributed by atoms with E-state index < -0.39 is 0 Å². The van der Waals surface area contributed by atoms with Gasteiger partial charge in [-0.05, 0) is 110 Å². The molecule has 0 amide bonds. The minimum Gasteiger partial charge on any atom is -0.457 e. The van der Waals surface area contributed by atoms with Crippen LogP contribution in [-0.4, -0.2) is 0 Å². The first kappa shape index (κ1) is 21.4. The Labute approximate surface area is 202 Å². The molecule has 4 aliphatic rings. The van der Waals surface area contributed by atoms with E-state index in [9.17, 15) is 0 Å². The van der Waals surface area contributed by atoms with E-state index in [1.54, 1.807) is 0 Å². The van der Waals surface area contributed by atoms with Gasteiger partial charge in [-0.25, -0.2) is 0 Å². The van der Waals surface area contributed by atoms with E-state index in [2.05, 4.69) is 12.1 Å². The minimum absolute atomic E-state index is 0.565. The number of nitrogen functional groups attached to an aromatic ring is 2. The number of aryl methyl sites for hydroxylation is 2. The van der Waals surface area contributed by atoms with Crippen molar-refractivity contribution in [2.24, 2.45) is 23.7 Å². The van der Waals surface area contributed by atoms with Crippen molar-refractivity contribution in [3.8, 4) is 23.0 Å². The molecule has 4 bridgehead atoms. The van der Waals surface area contributed by atoms with Gasteiger partial charge in [0.15, 0.2) is 0 Å². The molecule has 0 saturated heterocycles. The first-order valence-electron chi connectivity index (χ1n) is 12.6. The fraction of sp³-hybridized carbons (Fsp3) is 0.400. The Bertz CT molecular complexity index is 1210. The lowest BCUT2D eigenvalue weighted by atomic mass is 9.50. The summed E-state index contributed by atoms with van der Waals surface area (Å²) in [4.78, 5) is 0. The zero-order chi connectivity index (χ0) is 23.4. The van der Waals surface area contributed by atoms with Crippen molar-refractivity contribution in [2.45, 2.75) is 51.9 Å². The molecule has 0 aliphatic heterocycles. The largest absolute Gasteiger partial charge is 0.457 e. The van der Waals surface area contributed by atoms with Crippen LogP contribution in [0.1, 0.15) is 54.7 Å². The molecule has 4 aliphatic carbocycles. The lowest BCUT2D eigenvalue weighted by molar-refractivity contribution is -0.00337. The Kier molecular flexibility index (Phi) is 5.20. The summed E-state index contributed by atoms with van der Waals surface area (Å²) in [6.07, 6.45) is 6.94. The molecule has 0 heterocycles. The summed E-state index contributed by atoms with van der Waals surface area (Å²) < 4.78 is 12.7. The highest BCUT2D eigenvalue weighted by atomic mass is 16.5. The van der Waals surface area contributed by atoms with Gasteiger partial charge in [0.25, 0.3) is 0 Å². The van der Waals surface area contributed by atoms with Gasteiger partial charge in [0.2, 0.25) is 0 Å². The monoisotopic (exact) mass is 454 g/mol. The van der Waals surface area contributed by atoms with Gasteiger partial charge < -0.3 is 20.9 Å². The quantitative estimate of drug-likeness (QED) is 0.390. The molecule has 7 rings (SSSR count). The zero-order valence-electron chi connectivity index (χ0n) is 20.1. The van der Waals surface area contributed by atoms with Gasteiger partial charge in [-0.2, -0.15) is 0 Å². The predicted molar refractivity (Wildman–Crippen MR) is 138 cm³/mol. The maximum absolute atomic E-state index is 6.54. The van der Waals surface area contributed by atoms with Crippen molar-refractivity contribution in [2.75, 3.05) is 11.5 Å². The lowest BCUT2D eigenvalue weighted by Gasteiger charge is -2.54. The first-order chi connectivity index (χ1) is 16.4. The van der Waals surface area contributed by atoms with Crippen LogP contribution < -0.4 is 20.9 Å². The van der Waals surface area contributed by atoms with E-state index in [4.69, 9.17) is 20.9 Å². The Morgan fingerprint density at radius 2 is 1.12 bits per heavy atom. The topological polar surface area (TPSA) is 70.5 Å². The van der Waals surface area contributed by atoms with Crippen LogP contribution in [0.2, 0.25) is 0 Å². The van der Waals surface area contributed by atoms with Gasteiger partial charge >= 0.3 is 0 Å². The van der Waals surface area contributed by atoms with Crippen LogP contribution in [0.4, 0.5) is 11.4 Å². The summed E-state index contributed by atoms with van der Waals surface area (Å²) in [6, 6.07) is 18.1. The minimum atomic E-state index is 0.565. The molecule has 4 N–H and O–H groups in total. The molecule has 3 aromatic carbocycles. The third kappa shape index (κ3) is 3.89. The average molecular weight is 455 g/mol. The molecule has 4 saturated carbocycles. The molecule has 4 heteroatoms. The summed E-state index contributed by atoms with van der Waals surface area (Å²) in [5.41, 5.74) is 17.2. The van der Waals surface area contributed by atoms with Crippen LogP contribution in [0, 0.1) is 37.5 Å². The molecule has 34 heavy (non-hydrogen) atoms. The maximum Gasteiger partial charge on any atom is 0.134 e. The summed E-state index contributed by atoms with van der Waals surface area (Å²) >= 11 is 0. The van der Waals surface area contributed by atoms with Gasteiger partial charge in [0, 0.05) is 29.6 Å². The van der Waals surface area contributed by atoms with Crippen LogP contribution in [-0.2, 0) is 0 Å². The molecule has 4 fully saturated rings. The average Bonchev–Trinajstić information content (AvgIpc) is 2.79. The molecule has 0 radical (unpaired) electrons. The fourth-order valence-electron chi connectivity index (χ4n) is 7.00. The highest BCUT2D eigenvalue weighted by Crippen LogP contribution is 2.61. The van der Waals surface area contributed by atoms with Crippen molar-refractivity contribution in [3.63, 3.8) is 0 Å². The van der Waals surface area contributed by atoms with E-state index in [-0.39, 0.29) is 0 Å². The number of benzene rings is 3. The van der Waals surface area contributed by atoms with E-state index in [1.807, 2.05) is 56.3 Å². The van der Waals surface area contributed by atoms with Crippen molar-refractivity contribution >= 4 is 11.4 Å². The van der Waals surface area contributed by atoms with E-state index in [0.717, 1.165) is 69.2 Å². The van der Waals surface area contributed by atoms with Crippen LogP contribution in [0.5, 0.6) is 23.0 Å². The molecule has 0 atom stereocenters. The van der Waals surface area contributed by atoms with Crippen LogP contribution in [0.15, 0.2) is 54.6 Å². The smallest absolute Gasteiger partial charge is 0.134 e. The zero-order valence-corrected chi connectivity index (χ0v) is 20.1. The molecule has 3 aromatic rings. The van der Waals surface area contributed by atoms with Crippen molar-refractivity contribution in [3.05, 3.63) is 71.3 Å². The summed E-state index contributed by atoms with van der Waals surface area (Å²) in [5, 5.41) is 0. The van der Waals surface area contributed by atoms with E-state index in [1.165, 1.54) is 37.7 Å². The second kappa shape index (κ2) is 8.26. The predicted octanol–water partition coefficient (Wildman–Crippen LogP) is 7.59. The van der Waals surface area contributed by atoms with Crippen molar-refractivity contribution in [1.29, 1.82) is 0 Å². The Balaban J connectivity index is 1.36. The van der Waals surface area contributed by atoms with Crippen LogP contribution in [0.3, 0.4) is 0 Å². The molecule has 0 aromatic heterocycles. The number of hydrogen-bond acceptors (Lipinski definition) is 4. The van der Waals surface area contributed by atoms with Gasteiger partial charge in [0.1, 0.15) is 23.0 Å². The second-order valence-corrected chi connectivity index (χ2v) is 10.9. The standard InChI is InChI=1S/C30H34N2O2/c1-17-3-5-23(14-27(17)31)33-25-7-8-26(29(16-25)34-24-6-4-18(2)28(32)15-24)30-21-10-19-9-20(12-21)13-22(30)11-19/h3-8,14-16,19-22,30H,9-13,31-32H2,1-2H3. The van der Waals surface area contributed by atoms with Gasteiger partial charge in [-0.1, -0.05) is 18.2 Å². The number of hydrogen-bond donors (Lipinski definition) is 2. The third-order valence-corrected chi connectivity index (χ3v) is 8.54. The third-order valence-electron chi connectivity index (χ3n) is 8.54. The van der Waals surface area contributed by atoms with Crippen molar-refractivity contribution < 1.29 is 9.47 Å². The lowest BCUT2D eigenvalue weighted by Crippen LogP contribution is -2.43. The van der Waals surface area contributed by atoms with Crippen LogP contribution >= 0.6 is 0 Å². The molecular weight excluding hydrogens is 420 g/mol. The molecule has 0 spiro atoms. The maximum atomic E-state index is 6.54. The van der Waals surface area contributed by atoms with Gasteiger partial charge in [-0.15, -0.1) is 0 Å². The SMILES string of the molecule is Cc1ccc(Oc2ccc(C3C4CC5CC(C4)CC3C5)c(Oc3ccc(C)c(N)c3)c2)cc1N. The number of ether oxygens (including phenoxy) is 2. The summed E-state index contributed by atoms with van der Waals surface area (Å²) in [7, 11) is 0. The Hall–Kier alpha value is -3.14. The molecular formula is C30H34N2O2. The summed E-state index contributed by atoms with van der Waals surface area (Å²) in [6.45, 7) is 4.01. The summed E-state index contributed by atoms with van der Waals surface area (Å²) in [5.74, 6) is 7.12. The molecule has 4 nitrogen and oxygen atoms in total. The highest BCUT2D eigenvalue weighted by Gasteiger charge is 2.49. The van der Waals surface area contributed by atoms with Crippen LogP contribution in [0.25, 0.3) is 0 Å². The number of rotatable bonds is 5. The Morgan fingerprint density at radius 3 is 1.68 bits per heavy atom. The van der Waals surface area contributed by atoms with E-state index >= 15 is 0 Å². The van der Waals surface area contributed by atoms with Gasteiger partial charge in [-0.3, -0.25) is 0 Å². The van der Waals surface area contributed by atoms with E-state index in [0.29, 0.717) is 5.92 Å². The highest BCUT2D eigenvalue weighted by molar-refractivity contribution is 5.54. The fourth-order valence-corrected chi connectivity index (χ4v) is 7.00. The second-order valence-electron chi connectivity index (χ2n) is 10.9. The van der Waals surface area contributed by atoms with Crippen molar-refractivity contribution in [1.82, 2.24) is 0 Å². The molecule has 176 valence electrons. The Morgan fingerprint density at radius 1 is 0.618 bits per heavy atom. The molecule has 0 unspecified atom stereocenters. The first-order valence-corrected chi connectivity index (χ1v) is 12.6. The number of anilines is 2. The normalized spacial score (nSPS) is 27.1. The van der Waals surface area contributed by atoms with Gasteiger partial charge in [0.05, 0.1) is 0 Å².